The zero-order chi connectivity index (χ0) is 12.4. The van der Waals surface area contributed by atoms with Gasteiger partial charge in [-0.2, -0.15) is 0 Å². The van der Waals surface area contributed by atoms with Crippen molar-refractivity contribution < 1.29 is 4.79 Å². The van der Waals surface area contributed by atoms with Crippen molar-refractivity contribution in [1.29, 1.82) is 0 Å². The van der Waals surface area contributed by atoms with Crippen molar-refractivity contribution in [2.24, 2.45) is 0 Å². The van der Waals surface area contributed by atoms with Crippen molar-refractivity contribution in [2.45, 2.75) is 18.9 Å². The molecule has 0 aliphatic heterocycles. The molecule has 2 nitrogen and oxygen atoms in total. The fraction of sp³-hybridized carbons (Fsp3) is 0.188. The van der Waals surface area contributed by atoms with E-state index in [1.54, 1.807) is 24.3 Å². The van der Waals surface area contributed by atoms with E-state index in [1.807, 2.05) is 6.07 Å². The quantitative estimate of drug-likeness (QED) is 0.853. The Labute approximate surface area is 107 Å². The molecule has 0 aromatic heterocycles. The van der Waals surface area contributed by atoms with Gasteiger partial charge in [0.15, 0.2) is 0 Å². The molecule has 0 bridgehead atoms. The molecule has 1 atom stereocenters. The summed E-state index contributed by atoms with van der Waals surface area (Å²) in [6.45, 7) is 0. The van der Waals surface area contributed by atoms with Gasteiger partial charge < -0.3 is 5.32 Å². The summed E-state index contributed by atoms with van der Waals surface area (Å²) in [6, 6.07) is 18.5. The highest BCUT2D eigenvalue weighted by Crippen LogP contribution is 2.30. The van der Waals surface area contributed by atoms with E-state index in [-0.39, 0.29) is 11.9 Å². The van der Waals surface area contributed by atoms with E-state index in [0.717, 1.165) is 12.8 Å². The molecule has 89 valence electrons. The van der Waals surface area contributed by atoms with Crippen LogP contribution in [0, 0.1) is 6.07 Å². The normalized spacial score (nSPS) is 17.2. The first-order valence-corrected chi connectivity index (χ1v) is 6.19. The number of aryl methyl sites for hydroxylation is 1. The number of nitrogens with one attached hydrogen (secondary N) is 1. The van der Waals surface area contributed by atoms with Crippen molar-refractivity contribution in [3.8, 4) is 0 Å². The minimum atomic E-state index is -0.00861. The molecule has 2 heteroatoms. The molecule has 1 aliphatic carbocycles. The number of fused-ring (bicyclic) bond motifs is 1. The summed E-state index contributed by atoms with van der Waals surface area (Å²) in [6.07, 6.45) is 2.04. The molecular weight excluding hydrogens is 222 g/mol. The molecule has 1 amide bonds. The summed E-state index contributed by atoms with van der Waals surface area (Å²) in [4.78, 5) is 12.1. The minimum absolute atomic E-state index is 0.00861. The predicted octanol–water partition coefficient (Wildman–Crippen LogP) is 2.90. The van der Waals surface area contributed by atoms with Gasteiger partial charge in [0.1, 0.15) is 0 Å². The lowest BCUT2D eigenvalue weighted by Crippen LogP contribution is -2.26. The maximum absolute atomic E-state index is 12.1. The van der Waals surface area contributed by atoms with E-state index in [9.17, 15) is 4.79 Å². The number of carbonyl (C=O) groups excluding carboxylic acids is 1. The maximum atomic E-state index is 12.1. The molecule has 0 saturated heterocycles. The van der Waals surface area contributed by atoms with Gasteiger partial charge in [0, 0.05) is 5.56 Å². The first-order valence-electron chi connectivity index (χ1n) is 6.19. The average Bonchev–Trinajstić information content (AvgIpc) is 2.83. The molecule has 0 fully saturated rings. The third kappa shape index (κ3) is 2.02. The first kappa shape index (κ1) is 11.0. The van der Waals surface area contributed by atoms with Crippen LogP contribution in [0.1, 0.15) is 33.9 Å². The summed E-state index contributed by atoms with van der Waals surface area (Å²) in [7, 11) is 0. The molecule has 1 radical (unpaired) electrons. The second kappa shape index (κ2) is 4.65. The fourth-order valence-corrected chi connectivity index (χ4v) is 2.49. The van der Waals surface area contributed by atoms with E-state index in [1.165, 1.54) is 11.1 Å². The molecule has 0 spiro atoms. The second-order valence-corrected chi connectivity index (χ2v) is 4.55. The van der Waals surface area contributed by atoms with Gasteiger partial charge in [-0.25, -0.2) is 0 Å². The van der Waals surface area contributed by atoms with Crippen LogP contribution < -0.4 is 5.32 Å². The summed E-state index contributed by atoms with van der Waals surface area (Å²) >= 11 is 0. The Balaban J connectivity index is 1.77. The molecule has 2 aromatic carbocycles. The standard InChI is InChI=1S/C16H14NO/c18-16(13-7-2-1-3-8-13)17-15-11-10-12-6-4-5-9-14(12)15/h2-9,15H,10-11H2,(H,17,18). The van der Waals surface area contributed by atoms with E-state index >= 15 is 0 Å². The zero-order valence-corrected chi connectivity index (χ0v) is 10.0. The van der Waals surface area contributed by atoms with Crippen LogP contribution in [-0.4, -0.2) is 5.91 Å². The van der Waals surface area contributed by atoms with Crippen molar-refractivity contribution >= 4 is 5.91 Å². The lowest BCUT2D eigenvalue weighted by Gasteiger charge is -2.14. The Morgan fingerprint density at radius 1 is 1.17 bits per heavy atom. The van der Waals surface area contributed by atoms with E-state index in [4.69, 9.17) is 0 Å². The van der Waals surface area contributed by atoms with Gasteiger partial charge in [-0.1, -0.05) is 36.4 Å². The lowest BCUT2D eigenvalue weighted by molar-refractivity contribution is 0.0936. The SMILES string of the molecule is O=C(NC1CCc2ccccc21)c1cc[c]cc1. The molecule has 0 heterocycles. The molecule has 2 aromatic rings. The highest BCUT2D eigenvalue weighted by molar-refractivity contribution is 5.94. The minimum Gasteiger partial charge on any atom is -0.345 e. The number of hydrogen-bond donors (Lipinski definition) is 1. The van der Waals surface area contributed by atoms with Crippen LogP contribution in [0.25, 0.3) is 0 Å². The Bertz CT molecular complexity index is 562. The smallest absolute Gasteiger partial charge is 0.251 e. The van der Waals surface area contributed by atoms with Crippen LogP contribution in [0.5, 0.6) is 0 Å². The molecular formula is C16H14NO. The average molecular weight is 236 g/mol. The molecule has 1 unspecified atom stereocenters. The van der Waals surface area contributed by atoms with Crippen LogP contribution in [0.15, 0.2) is 48.5 Å². The van der Waals surface area contributed by atoms with Crippen LogP contribution in [0.4, 0.5) is 0 Å². The van der Waals surface area contributed by atoms with Crippen LogP contribution >= 0.6 is 0 Å². The summed E-state index contributed by atoms with van der Waals surface area (Å²) in [5, 5.41) is 3.10. The Kier molecular flexibility index (Phi) is 2.85. The zero-order valence-electron chi connectivity index (χ0n) is 10.0. The van der Waals surface area contributed by atoms with E-state index < -0.39 is 0 Å². The van der Waals surface area contributed by atoms with E-state index in [0.29, 0.717) is 5.56 Å². The number of benzene rings is 2. The molecule has 1 aliphatic rings. The Morgan fingerprint density at radius 2 is 1.94 bits per heavy atom. The van der Waals surface area contributed by atoms with Gasteiger partial charge in [-0.15, -0.1) is 0 Å². The molecule has 3 rings (SSSR count). The highest BCUT2D eigenvalue weighted by Gasteiger charge is 2.23. The van der Waals surface area contributed by atoms with Gasteiger partial charge >= 0.3 is 0 Å². The lowest BCUT2D eigenvalue weighted by atomic mass is 10.1. The van der Waals surface area contributed by atoms with Gasteiger partial charge in [0.2, 0.25) is 0 Å². The number of hydrogen-bond acceptors (Lipinski definition) is 1. The van der Waals surface area contributed by atoms with Gasteiger partial charge in [0.25, 0.3) is 5.91 Å². The van der Waals surface area contributed by atoms with E-state index in [2.05, 4.69) is 29.6 Å². The van der Waals surface area contributed by atoms with Gasteiger partial charge in [-0.05, 0) is 42.2 Å². The number of rotatable bonds is 2. The molecule has 1 N–H and O–H groups in total. The number of carbonyl (C=O) groups is 1. The topological polar surface area (TPSA) is 29.1 Å². The van der Waals surface area contributed by atoms with Crippen molar-refractivity contribution in [3.63, 3.8) is 0 Å². The maximum Gasteiger partial charge on any atom is 0.251 e. The van der Waals surface area contributed by atoms with Gasteiger partial charge in [-0.3, -0.25) is 4.79 Å². The Morgan fingerprint density at radius 3 is 2.78 bits per heavy atom. The van der Waals surface area contributed by atoms with Crippen LogP contribution in [0.3, 0.4) is 0 Å². The summed E-state index contributed by atoms with van der Waals surface area (Å²) in [5.74, 6) is -0.00861. The largest absolute Gasteiger partial charge is 0.345 e. The first-order chi connectivity index (χ1) is 8.84. The summed E-state index contributed by atoms with van der Waals surface area (Å²) in [5.41, 5.74) is 3.30. The Hall–Kier alpha value is -2.09. The second-order valence-electron chi connectivity index (χ2n) is 4.55. The van der Waals surface area contributed by atoms with Crippen molar-refractivity contribution in [2.75, 3.05) is 0 Å². The summed E-state index contributed by atoms with van der Waals surface area (Å²) < 4.78 is 0. The van der Waals surface area contributed by atoms with Crippen molar-refractivity contribution in [3.05, 3.63) is 71.3 Å². The molecule has 18 heavy (non-hydrogen) atoms. The fourth-order valence-electron chi connectivity index (χ4n) is 2.49. The predicted molar refractivity (Wildman–Crippen MR) is 70.2 cm³/mol. The van der Waals surface area contributed by atoms with Crippen LogP contribution in [0.2, 0.25) is 0 Å². The molecule has 0 saturated carbocycles. The van der Waals surface area contributed by atoms with Gasteiger partial charge in [0.05, 0.1) is 6.04 Å². The third-order valence-electron chi connectivity index (χ3n) is 3.42. The third-order valence-corrected chi connectivity index (χ3v) is 3.42. The highest BCUT2D eigenvalue weighted by atomic mass is 16.1. The monoisotopic (exact) mass is 236 g/mol. The van der Waals surface area contributed by atoms with Crippen molar-refractivity contribution in [1.82, 2.24) is 5.32 Å². The number of amides is 1. The van der Waals surface area contributed by atoms with Crippen LogP contribution in [-0.2, 0) is 6.42 Å².